The average Bonchev–Trinajstić information content (AvgIpc) is 3.44. The number of aromatic nitrogens is 2. The summed E-state index contributed by atoms with van der Waals surface area (Å²) in [7, 11) is 0. The van der Waals surface area contributed by atoms with Gasteiger partial charge in [0.25, 0.3) is 0 Å². The second kappa shape index (κ2) is 9.12. The van der Waals surface area contributed by atoms with E-state index in [1.807, 2.05) is 6.07 Å². The number of para-hydroxylation sites is 1. The first kappa shape index (κ1) is 22.0. The summed E-state index contributed by atoms with van der Waals surface area (Å²) in [6.07, 6.45) is 1.52. The Morgan fingerprint density at radius 1 is 0.970 bits per heavy atom. The summed E-state index contributed by atoms with van der Waals surface area (Å²) in [6, 6.07) is 12.2. The van der Waals surface area contributed by atoms with E-state index in [1.165, 1.54) is 6.26 Å². The fraction of sp³-hybridized carbons (Fsp3) is 0.200. The van der Waals surface area contributed by atoms with E-state index in [0.29, 0.717) is 33.7 Å². The van der Waals surface area contributed by atoms with Crippen LogP contribution in [0.2, 0.25) is 0 Å². The highest BCUT2D eigenvalue weighted by atomic mass is 16.5. The number of furan rings is 1. The smallest absolute Gasteiger partial charge is 0.340 e. The number of rotatable bonds is 7. The monoisotopic (exact) mass is 446 g/mol. The molecule has 0 aliphatic carbocycles. The Hall–Kier alpha value is -4.20. The van der Waals surface area contributed by atoms with E-state index in [-0.39, 0.29) is 23.3 Å². The number of pyridine rings is 1. The highest BCUT2D eigenvalue weighted by Crippen LogP contribution is 2.26. The van der Waals surface area contributed by atoms with Gasteiger partial charge in [-0.25, -0.2) is 14.6 Å². The maximum absolute atomic E-state index is 13.0. The molecule has 33 heavy (non-hydrogen) atoms. The van der Waals surface area contributed by atoms with Crippen LogP contribution in [0.3, 0.4) is 0 Å². The molecule has 0 aliphatic rings. The lowest BCUT2D eigenvalue weighted by molar-refractivity contribution is 0.0474. The Labute approximate surface area is 189 Å². The van der Waals surface area contributed by atoms with Crippen molar-refractivity contribution in [2.75, 3.05) is 13.2 Å². The Kier molecular flexibility index (Phi) is 6.08. The molecule has 0 unspecified atom stereocenters. The lowest BCUT2D eigenvalue weighted by Crippen LogP contribution is -2.18. The molecule has 168 valence electrons. The average molecular weight is 446 g/mol. The summed E-state index contributed by atoms with van der Waals surface area (Å²) in [6.45, 7) is 4.69. The van der Waals surface area contributed by atoms with E-state index in [2.05, 4.69) is 9.97 Å². The van der Waals surface area contributed by atoms with E-state index in [4.69, 9.17) is 13.9 Å². The number of carbonyl (C=O) groups excluding carboxylic acids is 3. The van der Waals surface area contributed by atoms with Gasteiger partial charge in [0.05, 0.1) is 35.1 Å². The van der Waals surface area contributed by atoms with E-state index >= 15 is 0 Å². The van der Waals surface area contributed by atoms with Crippen LogP contribution in [0.1, 0.15) is 49.4 Å². The zero-order valence-corrected chi connectivity index (χ0v) is 18.4. The quantitative estimate of drug-likeness (QED) is 0.325. The SMILES string of the molecule is CCOC(=O)c1c(C)[nH]c(C)c1C(=O)COC(=O)c1cc(-c2ccco2)nc2ccccc12. The van der Waals surface area contributed by atoms with Gasteiger partial charge < -0.3 is 18.9 Å². The number of aryl methyl sites for hydroxylation is 2. The molecule has 0 amide bonds. The minimum absolute atomic E-state index is 0.157. The van der Waals surface area contributed by atoms with Crippen LogP contribution in [0.15, 0.2) is 53.1 Å². The van der Waals surface area contributed by atoms with Crippen molar-refractivity contribution in [3.63, 3.8) is 0 Å². The van der Waals surface area contributed by atoms with Crippen LogP contribution in [0, 0.1) is 13.8 Å². The maximum atomic E-state index is 13.0. The van der Waals surface area contributed by atoms with Crippen molar-refractivity contribution in [2.24, 2.45) is 0 Å². The Morgan fingerprint density at radius 2 is 1.73 bits per heavy atom. The largest absolute Gasteiger partial charge is 0.463 e. The summed E-state index contributed by atoms with van der Waals surface area (Å²) in [5.41, 5.74) is 2.66. The van der Waals surface area contributed by atoms with Gasteiger partial charge in [-0.2, -0.15) is 0 Å². The zero-order chi connectivity index (χ0) is 23.5. The van der Waals surface area contributed by atoms with Gasteiger partial charge in [-0.05, 0) is 45.0 Å². The van der Waals surface area contributed by atoms with Gasteiger partial charge in [0.15, 0.2) is 12.4 Å². The molecule has 0 bridgehead atoms. The highest BCUT2D eigenvalue weighted by molar-refractivity contribution is 6.10. The molecule has 4 rings (SSSR count). The second-order valence-corrected chi connectivity index (χ2v) is 7.39. The number of esters is 2. The number of Topliss-reactive ketones (excluding diaryl/α,β-unsaturated/α-hetero) is 1. The van der Waals surface area contributed by atoms with Gasteiger partial charge in [-0.3, -0.25) is 4.79 Å². The molecule has 0 atom stereocenters. The maximum Gasteiger partial charge on any atom is 0.340 e. The fourth-order valence-electron chi connectivity index (χ4n) is 3.76. The van der Waals surface area contributed by atoms with Crippen molar-refractivity contribution < 1.29 is 28.3 Å². The van der Waals surface area contributed by atoms with Crippen molar-refractivity contribution >= 4 is 28.6 Å². The van der Waals surface area contributed by atoms with Crippen LogP contribution < -0.4 is 0 Å². The number of hydrogen-bond acceptors (Lipinski definition) is 7. The summed E-state index contributed by atoms with van der Waals surface area (Å²) in [4.78, 5) is 45.8. The molecule has 1 N–H and O–H groups in total. The van der Waals surface area contributed by atoms with Gasteiger partial charge in [0.2, 0.25) is 5.78 Å². The van der Waals surface area contributed by atoms with E-state index in [9.17, 15) is 14.4 Å². The van der Waals surface area contributed by atoms with Crippen molar-refractivity contribution in [3.8, 4) is 11.5 Å². The minimum Gasteiger partial charge on any atom is -0.463 e. The summed E-state index contributed by atoms with van der Waals surface area (Å²) in [5.74, 6) is -1.28. The third-order valence-corrected chi connectivity index (χ3v) is 5.18. The standard InChI is InChI=1S/C25H22N2O6/c1-4-31-25(30)23-15(3)26-14(2)22(23)20(28)13-33-24(29)17-12-19(21-10-7-11-32-21)27-18-9-6-5-8-16(17)18/h5-12,26H,4,13H2,1-3H3. The molecule has 0 saturated heterocycles. The molecule has 8 heteroatoms. The zero-order valence-electron chi connectivity index (χ0n) is 18.4. The first-order valence-electron chi connectivity index (χ1n) is 10.4. The molecule has 0 aliphatic heterocycles. The predicted molar refractivity (Wildman–Crippen MR) is 120 cm³/mol. The van der Waals surface area contributed by atoms with Crippen molar-refractivity contribution in [1.29, 1.82) is 0 Å². The van der Waals surface area contributed by atoms with Crippen LogP contribution in [-0.2, 0) is 9.47 Å². The summed E-state index contributed by atoms with van der Waals surface area (Å²) in [5, 5.41) is 0.589. The number of fused-ring (bicyclic) bond motifs is 1. The number of hydrogen-bond donors (Lipinski definition) is 1. The molecular formula is C25H22N2O6. The molecule has 3 heterocycles. The van der Waals surface area contributed by atoms with Crippen LogP contribution in [0.25, 0.3) is 22.4 Å². The first-order valence-corrected chi connectivity index (χ1v) is 10.4. The number of ketones is 1. The number of carbonyl (C=O) groups is 3. The number of nitrogens with one attached hydrogen (secondary N) is 1. The normalized spacial score (nSPS) is 10.9. The van der Waals surface area contributed by atoms with Crippen LogP contribution in [-0.4, -0.2) is 40.9 Å². The molecule has 0 saturated carbocycles. The van der Waals surface area contributed by atoms with Crippen molar-refractivity contribution in [3.05, 3.63) is 76.8 Å². The third-order valence-electron chi connectivity index (χ3n) is 5.18. The van der Waals surface area contributed by atoms with Gasteiger partial charge >= 0.3 is 11.9 Å². The Bertz CT molecular complexity index is 1350. The van der Waals surface area contributed by atoms with E-state index in [1.54, 1.807) is 57.2 Å². The molecule has 0 radical (unpaired) electrons. The van der Waals surface area contributed by atoms with Crippen LogP contribution in [0.5, 0.6) is 0 Å². The van der Waals surface area contributed by atoms with Crippen molar-refractivity contribution in [1.82, 2.24) is 9.97 Å². The van der Waals surface area contributed by atoms with Gasteiger partial charge in [0, 0.05) is 16.8 Å². The molecular weight excluding hydrogens is 424 g/mol. The van der Waals surface area contributed by atoms with Crippen LogP contribution >= 0.6 is 0 Å². The number of H-pyrrole nitrogens is 1. The molecule has 0 spiro atoms. The second-order valence-electron chi connectivity index (χ2n) is 7.39. The predicted octanol–water partition coefficient (Wildman–Crippen LogP) is 4.66. The Balaban J connectivity index is 1.62. The van der Waals surface area contributed by atoms with Gasteiger partial charge in [-0.15, -0.1) is 0 Å². The van der Waals surface area contributed by atoms with Crippen LogP contribution in [0.4, 0.5) is 0 Å². The highest BCUT2D eigenvalue weighted by Gasteiger charge is 2.26. The minimum atomic E-state index is -0.683. The van der Waals surface area contributed by atoms with E-state index in [0.717, 1.165) is 0 Å². The molecule has 3 aromatic heterocycles. The number of aromatic amines is 1. The molecule has 4 aromatic rings. The lowest BCUT2D eigenvalue weighted by Gasteiger charge is -2.10. The van der Waals surface area contributed by atoms with Gasteiger partial charge in [-0.1, -0.05) is 18.2 Å². The number of ether oxygens (including phenoxy) is 2. The first-order chi connectivity index (χ1) is 15.9. The fourth-order valence-corrected chi connectivity index (χ4v) is 3.76. The molecule has 8 nitrogen and oxygen atoms in total. The Morgan fingerprint density at radius 3 is 2.45 bits per heavy atom. The summed E-state index contributed by atoms with van der Waals surface area (Å²) < 4.78 is 15.9. The number of benzene rings is 1. The topological polar surface area (TPSA) is 111 Å². The van der Waals surface area contributed by atoms with Crippen molar-refractivity contribution in [2.45, 2.75) is 20.8 Å². The third kappa shape index (κ3) is 4.27. The molecule has 1 aromatic carbocycles. The van der Waals surface area contributed by atoms with Gasteiger partial charge in [0.1, 0.15) is 5.69 Å². The van der Waals surface area contributed by atoms with E-state index < -0.39 is 24.3 Å². The summed E-state index contributed by atoms with van der Waals surface area (Å²) >= 11 is 0. The molecule has 0 fully saturated rings. The number of nitrogens with zero attached hydrogens (tertiary/aromatic N) is 1. The lowest BCUT2D eigenvalue weighted by atomic mass is 10.0.